The summed E-state index contributed by atoms with van der Waals surface area (Å²) in [5.74, 6) is 0. The molecule has 1 aromatic carbocycles. The Morgan fingerprint density at radius 2 is 1.82 bits per heavy atom. The molecule has 0 atom stereocenters. The van der Waals surface area contributed by atoms with Crippen LogP contribution in [0.15, 0.2) is 34.5 Å². The molecule has 0 bridgehead atoms. The fourth-order valence-corrected chi connectivity index (χ4v) is 4.54. The Morgan fingerprint density at radius 1 is 1.18 bits per heavy atom. The number of fused-ring (bicyclic) bond motifs is 1. The Balaban J connectivity index is 2.54. The number of hydrogen-bond acceptors (Lipinski definition) is 3. The van der Waals surface area contributed by atoms with Gasteiger partial charge < -0.3 is 0 Å². The number of hydrogen-bond donors (Lipinski definition) is 1. The van der Waals surface area contributed by atoms with E-state index in [1.165, 1.54) is 11.3 Å². The summed E-state index contributed by atoms with van der Waals surface area (Å²) >= 11 is 1.45. The van der Waals surface area contributed by atoms with E-state index < -0.39 is 15.6 Å². The van der Waals surface area contributed by atoms with E-state index in [0.717, 1.165) is 10.1 Å². The standard InChI is InChI=1S/C12H15NO2S2/c1-12(2,3)13-17(14,15)11-8-16-10-7-5-4-6-9(10)11/h4-8,13H,1-3H3. The van der Waals surface area contributed by atoms with Gasteiger partial charge in [0.25, 0.3) is 0 Å². The Kier molecular flexibility index (Phi) is 3.01. The first-order valence-electron chi connectivity index (χ1n) is 5.30. The molecular weight excluding hydrogens is 254 g/mol. The second-order valence-corrected chi connectivity index (χ2v) is 7.51. The second kappa shape index (κ2) is 4.08. The van der Waals surface area contributed by atoms with Gasteiger partial charge in [-0.2, -0.15) is 0 Å². The van der Waals surface area contributed by atoms with E-state index in [1.54, 1.807) is 5.38 Å². The minimum absolute atomic E-state index is 0.369. The van der Waals surface area contributed by atoms with Crippen molar-refractivity contribution in [2.45, 2.75) is 31.2 Å². The van der Waals surface area contributed by atoms with E-state index in [-0.39, 0.29) is 0 Å². The lowest BCUT2D eigenvalue weighted by Gasteiger charge is -2.19. The lowest BCUT2D eigenvalue weighted by molar-refractivity contribution is 0.492. The zero-order valence-electron chi connectivity index (χ0n) is 10.0. The summed E-state index contributed by atoms with van der Waals surface area (Å²) in [6.45, 7) is 5.50. The van der Waals surface area contributed by atoms with Gasteiger partial charge in [0.2, 0.25) is 10.0 Å². The van der Waals surface area contributed by atoms with Crippen molar-refractivity contribution in [3.05, 3.63) is 29.6 Å². The van der Waals surface area contributed by atoms with E-state index in [1.807, 2.05) is 45.0 Å². The van der Waals surface area contributed by atoms with Gasteiger partial charge in [0.15, 0.2) is 0 Å². The molecule has 17 heavy (non-hydrogen) atoms. The van der Waals surface area contributed by atoms with Crippen molar-refractivity contribution >= 4 is 31.4 Å². The zero-order chi connectivity index (χ0) is 12.7. The minimum atomic E-state index is -3.44. The van der Waals surface area contributed by atoms with Gasteiger partial charge in [-0.3, -0.25) is 0 Å². The highest BCUT2D eigenvalue weighted by Gasteiger charge is 2.24. The molecule has 1 aromatic heterocycles. The van der Waals surface area contributed by atoms with Crippen molar-refractivity contribution in [1.82, 2.24) is 4.72 Å². The van der Waals surface area contributed by atoms with Crippen LogP contribution in [0.3, 0.4) is 0 Å². The van der Waals surface area contributed by atoms with Crippen molar-refractivity contribution in [2.24, 2.45) is 0 Å². The van der Waals surface area contributed by atoms with Crippen LogP contribution in [0.25, 0.3) is 10.1 Å². The third-order valence-electron chi connectivity index (χ3n) is 2.18. The van der Waals surface area contributed by atoms with Crippen molar-refractivity contribution < 1.29 is 8.42 Å². The van der Waals surface area contributed by atoms with Crippen molar-refractivity contribution in [3.8, 4) is 0 Å². The average Bonchev–Trinajstić information content (AvgIpc) is 2.57. The molecule has 5 heteroatoms. The molecule has 2 rings (SSSR count). The van der Waals surface area contributed by atoms with E-state index in [0.29, 0.717) is 4.90 Å². The quantitative estimate of drug-likeness (QED) is 0.911. The van der Waals surface area contributed by atoms with Gasteiger partial charge in [-0.25, -0.2) is 13.1 Å². The number of thiophene rings is 1. The van der Waals surface area contributed by atoms with Gasteiger partial charge in [0, 0.05) is 21.0 Å². The number of benzene rings is 1. The zero-order valence-corrected chi connectivity index (χ0v) is 11.7. The van der Waals surface area contributed by atoms with Gasteiger partial charge in [-0.05, 0) is 26.8 Å². The third-order valence-corrected chi connectivity index (χ3v) is 5.09. The SMILES string of the molecule is CC(C)(C)NS(=O)(=O)c1csc2ccccc12. The molecule has 1 heterocycles. The van der Waals surface area contributed by atoms with Crippen molar-refractivity contribution in [2.75, 3.05) is 0 Å². The molecule has 0 aliphatic heterocycles. The normalized spacial score (nSPS) is 13.1. The van der Waals surface area contributed by atoms with Crippen LogP contribution < -0.4 is 4.72 Å². The lowest BCUT2D eigenvalue weighted by atomic mass is 10.1. The topological polar surface area (TPSA) is 46.2 Å². The van der Waals surface area contributed by atoms with Gasteiger partial charge in [-0.15, -0.1) is 11.3 Å². The van der Waals surface area contributed by atoms with Crippen LogP contribution in [0, 0.1) is 0 Å². The Hall–Kier alpha value is -0.910. The Labute approximate surface area is 106 Å². The molecule has 0 spiro atoms. The summed E-state index contributed by atoms with van der Waals surface area (Å²) in [5.41, 5.74) is -0.470. The first kappa shape index (κ1) is 12.5. The lowest BCUT2D eigenvalue weighted by Crippen LogP contribution is -2.40. The maximum atomic E-state index is 12.2. The van der Waals surface area contributed by atoms with E-state index in [2.05, 4.69) is 4.72 Å². The highest BCUT2D eigenvalue weighted by molar-refractivity contribution is 7.90. The molecule has 0 saturated carbocycles. The summed E-state index contributed by atoms with van der Waals surface area (Å²) in [6.07, 6.45) is 0. The Bertz CT molecular complexity index is 636. The first-order chi connectivity index (χ1) is 7.80. The van der Waals surface area contributed by atoms with Crippen LogP contribution in [0.4, 0.5) is 0 Å². The van der Waals surface area contributed by atoms with Gasteiger partial charge in [0.05, 0.1) is 0 Å². The Morgan fingerprint density at radius 3 is 2.47 bits per heavy atom. The van der Waals surface area contributed by atoms with Crippen LogP contribution in [-0.4, -0.2) is 14.0 Å². The molecule has 0 amide bonds. The molecule has 0 saturated heterocycles. The first-order valence-corrected chi connectivity index (χ1v) is 7.66. The number of nitrogens with one attached hydrogen (secondary N) is 1. The molecule has 0 aliphatic carbocycles. The highest BCUT2D eigenvalue weighted by Crippen LogP contribution is 2.29. The van der Waals surface area contributed by atoms with Gasteiger partial charge in [-0.1, -0.05) is 18.2 Å². The van der Waals surface area contributed by atoms with Gasteiger partial charge in [0.1, 0.15) is 4.90 Å². The number of rotatable bonds is 2. The number of sulfonamides is 1. The summed E-state index contributed by atoms with van der Waals surface area (Å²) in [7, 11) is -3.44. The molecule has 0 aliphatic rings. The van der Waals surface area contributed by atoms with E-state index in [4.69, 9.17) is 0 Å². The summed E-state index contributed by atoms with van der Waals surface area (Å²) in [6, 6.07) is 7.52. The van der Waals surface area contributed by atoms with E-state index in [9.17, 15) is 8.42 Å². The third kappa shape index (κ3) is 2.68. The highest BCUT2D eigenvalue weighted by atomic mass is 32.2. The predicted molar refractivity (Wildman–Crippen MR) is 71.9 cm³/mol. The van der Waals surface area contributed by atoms with Crippen LogP contribution in [0.2, 0.25) is 0 Å². The maximum Gasteiger partial charge on any atom is 0.242 e. The molecule has 3 nitrogen and oxygen atoms in total. The molecule has 0 fully saturated rings. The molecular formula is C12H15NO2S2. The predicted octanol–water partition coefficient (Wildman–Crippen LogP) is 2.98. The monoisotopic (exact) mass is 269 g/mol. The molecule has 2 aromatic rings. The molecule has 1 N–H and O–H groups in total. The van der Waals surface area contributed by atoms with Crippen LogP contribution in [-0.2, 0) is 10.0 Å². The van der Waals surface area contributed by atoms with Crippen molar-refractivity contribution in [3.63, 3.8) is 0 Å². The fourth-order valence-electron chi connectivity index (χ4n) is 1.62. The average molecular weight is 269 g/mol. The maximum absolute atomic E-state index is 12.2. The second-order valence-electron chi connectivity index (χ2n) is 4.95. The molecule has 0 radical (unpaired) electrons. The summed E-state index contributed by atoms with van der Waals surface area (Å²) < 4.78 is 28.1. The van der Waals surface area contributed by atoms with Crippen molar-refractivity contribution in [1.29, 1.82) is 0 Å². The van der Waals surface area contributed by atoms with Crippen LogP contribution in [0.1, 0.15) is 20.8 Å². The largest absolute Gasteiger partial charge is 0.242 e. The fraction of sp³-hybridized carbons (Fsp3) is 0.333. The minimum Gasteiger partial charge on any atom is -0.207 e. The van der Waals surface area contributed by atoms with Crippen LogP contribution >= 0.6 is 11.3 Å². The summed E-state index contributed by atoms with van der Waals surface area (Å²) in [5, 5.41) is 2.48. The van der Waals surface area contributed by atoms with Crippen LogP contribution in [0.5, 0.6) is 0 Å². The molecule has 92 valence electrons. The molecule has 0 unspecified atom stereocenters. The van der Waals surface area contributed by atoms with Gasteiger partial charge >= 0.3 is 0 Å². The summed E-state index contributed by atoms with van der Waals surface area (Å²) in [4.78, 5) is 0.369. The van der Waals surface area contributed by atoms with E-state index >= 15 is 0 Å². The smallest absolute Gasteiger partial charge is 0.207 e.